The van der Waals surface area contributed by atoms with Gasteiger partial charge in [0, 0.05) is 16.8 Å². The Morgan fingerprint density at radius 1 is 0.739 bits per heavy atom. The molecule has 0 aromatic heterocycles. The fraction of sp³-hybridized carbons (Fsp3) is 0.500. The molecule has 18 nitrogen and oxygen atoms in total. The SMILES string of the molecule is O=C(O)C1([N+](=O)[O-])N=NN=N1.O=C(O)C1([N+](=O)[O-])N=NN=N1.[Co]. The molecule has 2 N–H and O–H groups in total. The van der Waals surface area contributed by atoms with Crippen molar-refractivity contribution in [2.45, 2.75) is 11.6 Å². The molecule has 2 aliphatic rings. The smallest absolute Gasteiger partial charge is 0.473 e. The molecule has 0 bridgehead atoms. The second kappa shape index (κ2) is 7.08. The molecule has 2 heterocycles. The van der Waals surface area contributed by atoms with Gasteiger partial charge in [-0.3, -0.25) is 20.2 Å². The number of carboxylic acids is 2. The summed E-state index contributed by atoms with van der Waals surface area (Å²) in [5, 5.41) is 58.7. The van der Waals surface area contributed by atoms with Gasteiger partial charge in [0.05, 0.1) is 9.85 Å². The van der Waals surface area contributed by atoms with Crippen molar-refractivity contribution in [2.24, 2.45) is 41.4 Å². The molecule has 125 valence electrons. The molecular weight excluding hydrogens is 375 g/mol. The van der Waals surface area contributed by atoms with Gasteiger partial charge in [0.15, 0.2) is 0 Å². The van der Waals surface area contributed by atoms with Crippen LogP contribution in [-0.2, 0) is 26.4 Å². The predicted molar refractivity (Wildman–Crippen MR) is 54.1 cm³/mol. The molecule has 0 fully saturated rings. The minimum Gasteiger partial charge on any atom is -0.473 e. The predicted octanol–water partition coefficient (Wildman–Crippen LogP) is -0.333. The van der Waals surface area contributed by atoms with Gasteiger partial charge >= 0.3 is 23.5 Å². The van der Waals surface area contributed by atoms with Crippen molar-refractivity contribution >= 4 is 11.9 Å². The largest absolute Gasteiger partial charge is 0.545 e. The van der Waals surface area contributed by atoms with Gasteiger partial charge in [0.2, 0.25) is 0 Å². The average molecular weight is 377 g/mol. The molecule has 0 unspecified atom stereocenters. The van der Waals surface area contributed by atoms with Crippen LogP contribution in [0.15, 0.2) is 41.4 Å². The first kappa shape index (κ1) is 19.6. The molecule has 0 atom stereocenters. The first-order valence-electron chi connectivity index (χ1n) is 4.63. The van der Waals surface area contributed by atoms with Crippen LogP contribution in [-0.4, -0.2) is 43.6 Å². The van der Waals surface area contributed by atoms with E-state index in [9.17, 15) is 29.8 Å². The number of hydrogen-bond acceptors (Lipinski definition) is 14. The quantitative estimate of drug-likeness (QED) is 0.482. The van der Waals surface area contributed by atoms with Gasteiger partial charge in [0.25, 0.3) is 0 Å². The Morgan fingerprint density at radius 3 is 1.04 bits per heavy atom. The second-order valence-corrected chi connectivity index (χ2v) is 3.15. The summed E-state index contributed by atoms with van der Waals surface area (Å²) in [5.41, 5.74) is 0. The van der Waals surface area contributed by atoms with E-state index < -0.39 is 33.4 Å². The van der Waals surface area contributed by atoms with E-state index in [-0.39, 0.29) is 16.8 Å². The van der Waals surface area contributed by atoms with Crippen molar-refractivity contribution in [1.82, 2.24) is 0 Å². The molecule has 2 aliphatic heterocycles. The molecule has 0 amide bonds. The van der Waals surface area contributed by atoms with E-state index in [4.69, 9.17) is 10.2 Å². The number of nitro groups is 2. The van der Waals surface area contributed by atoms with Gasteiger partial charge < -0.3 is 10.2 Å². The number of carboxylic acid groups (broad SMARTS) is 2. The summed E-state index contributed by atoms with van der Waals surface area (Å²) in [7, 11) is 0. The Morgan fingerprint density at radius 2 is 0.957 bits per heavy atom. The Kier molecular flexibility index (Phi) is 6.04. The summed E-state index contributed by atoms with van der Waals surface area (Å²) < 4.78 is 0. The van der Waals surface area contributed by atoms with Crippen LogP contribution in [0.4, 0.5) is 0 Å². The maximum atomic E-state index is 10.2. The summed E-state index contributed by atoms with van der Waals surface area (Å²) in [6.07, 6.45) is 0. The fourth-order valence-corrected chi connectivity index (χ4v) is 0.843. The third-order valence-corrected chi connectivity index (χ3v) is 1.90. The third kappa shape index (κ3) is 3.46. The van der Waals surface area contributed by atoms with E-state index in [1.54, 1.807) is 0 Å². The van der Waals surface area contributed by atoms with Gasteiger partial charge in [-0.05, 0) is 20.9 Å². The number of aliphatic carboxylic acids is 2. The van der Waals surface area contributed by atoms with Crippen LogP contribution >= 0.6 is 0 Å². The molecule has 23 heavy (non-hydrogen) atoms. The summed E-state index contributed by atoms with van der Waals surface area (Å²) in [6, 6.07) is 0. The number of rotatable bonds is 4. The van der Waals surface area contributed by atoms with E-state index in [1.165, 1.54) is 0 Å². The standard InChI is InChI=1S/2C2HN5O4.Co/c2*8-1(9)2(7(10)11)3-5-6-4-2;/h2*(H,8,9);. The molecule has 19 heteroatoms. The topological polar surface area (TPSA) is 260 Å². The summed E-state index contributed by atoms with van der Waals surface area (Å²) >= 11 is 0. The molecule has 0 aromatic carbocycles. The zero-order valence-corrected chi connectivity index (χ0v) is 11.2. The van der Waals surface area contributed by atoms with Crippen molar-refractivity contribution in [3.05, 3.63) is 20.2 Å². The van der Waals surface area contributed by atoms with Crippen LogP contribution in [0.25, 0.3) is 0 Å². The third-order valence-electron chi connectivity index (χ3n) is 1.90. The maximum Gasteiger partial charge on any atom is 0.545 e. The Balaban J connectivity index is 0.000000403. The van der Waals surface area contributed by atoms with E-state index in [2.05, 4.69) is 41.4 Å². The van der Waals surface area contributed by atoms with Gasteiger partial charge in [-0.2, -0.15) is 0 Å². The number of nitrogens with zero attached hydrogens (tertiary/aromatic N) is 10. The van der Waals surface area contributed by atoms with Crippen molar-refractivity contribution < 1.29 is 46.4 Å². The molecule has 0 spiro atoms. The zero-order chi connectivity index (χ0) is 17.0. The molecule has 1 radical (unpaired) electrons. The second-order valence-electron chi connectivity index (χ2n) is 3.15. The normalized spacial score (nSPS) is 17.7. The summed E-state index contributed by atoms with van der Waals surface area (Å²) in [5.74, 6) is -9.12. The van der Waals surface area contributed by atoms with Crippen LogP contribution in [0, 0.1) is 20.2 Å². The van der Waals surface area contributed by atoms with E-state index >= 15 is 0 Å². The first-order valence-corrected chi connectivity index (χ1v) is 4.63. The molecule has 0 saturated carbocycles. The monoisotopic (exact) mass is 377 g/mol. The Hall–Kier alpha value is -3.35. The summed E-state index contributed by atoms with van der Waals surface area (Å²) in [4.78, 5) is 38.2. The van der Waals surface area contributed by atoms with Crippen molar-refractivity contribution in [1.29, 1.82) is 0 Å². The van der Waals surface area contributed by atoms with Crippen molar-refractivity contribution in [3.8, 4) is 0 Å². The van der Waals surface area contributed by atoms with Crippen LogP contribution in [0.1, 0.15) is 0 Å². The first-order chi connectivity index (χ1) is 10.2. The van der Waals surface area contributed by atoms with E-state index in [0.717, 1.165) is 0 Å². The average Bonchev–Trinajstić information content (AvgIpc) is 3.10. The van der Waals surface area contributed by atoms with Crippen LogP contribution < -0.4 is 0 Å². The van der Waals surface area contributed by atoms with Crippen LogP contribution in [0.2, 0.25) is 0 Å². The Bertz CT molecular complexity index is 541. The van der Waals surface area contributed by atoms with Gasteiger partial charge in [0.1, 0.15) is 0 Å². The fourth-order valence-electron chi connectivity index (χ4n) is 0.843. The molecule has 0 aromatic rings. The van der Waals surface area contributed by atoms with Crippen LogP contribution in [0.5, 0.6) is 0 Å². The minimum atomic E-state index is -2.75. The molecule has 0 saturated heterocycles. The number of carbonyl (C=O) groups is 2. The van der Waals surface area contributed by atoms with E-state index in [0.29, 0.717) is 0 Å². The van der Waals surface area contributed by atoms with Gasteiger partial charge in [-0.15, -0.1) is 0 Å². The van der Waals surface area contributed by atoms with Gasteiger partial charge in [-0.1, -0.05) is 20.5 Å². The molecule has 2 rings (SSSR count). The minimum absolute atomic E-state index is 0. The molecule has 0 aliphatic carbocycles. The zero-order valence-electron chi connectivity index (χ0n) is 10.1. The van der Waals surface area contributed by atoms with E-state index in [1.807, 2.05) is 0 Å². The Labute approximate surface area is 132 Å². The maximum absolute atomic E-state index is 10.2. The van der Waals surface area contributed by atoms with Crippen LogP contribution in [0.3, 0.4) is 0 Å². The van der Waals surface area contributed by atoms with Gasteiger partial charge in [-0.25, -0.2) is 9.59 Å². The summed E-state index contributed by atoms with van der Waals surface area (Å²) in [6.45, 7) is 0. The van der Waals surface area contributed by atoms with Crippen molar-refractivity contribution in [2.75, 3.05) is 0 Å². The van der Waals surface area contributed by atoms with Crippen molar-refractivity contribution in [3.63, 3.8) is 0 Å². The number of hydrogen-bond donors (Lipinski definition) is 2. The molecular formula is C4H2CoN10O8.